The number of nitro groups is 1. The molecule has 0 radical (unpaired) electrons. The summed E-state index contributed by atoms with van der Waals surface area (Å²) in [6.45, 7) is 4.14. The molecule has 0 aliphatic heterocycles. The first-order valence-corrected chi connectivity index (χ1v) is 8.09. The Morgan fingerprint density at radius 1 is 1.17 bits per heavy atom. The average Bonchev–Trinajstić information content (AvgIpc) is 2.56. The van der Waals surface area contributed by atoms with E-state index in [-0.39, 0.29) is 11.7 Å². The molecular weight excluding hydrogens is 314 g/mol. The third kappa shape index (κ3) is 4.32. The third-order valence-electron chi connectivity index (χ3n) is 3.23. The first-order chi connectivity index (χ1) is 11.0. The van der Waals surface area contributed by atoms with Crippen molar-refractivity contribution in [2.24, 2.45) is 0 Å². The van der Waals surface area contributed by atoms with Crippen LogP contribution in [0.15, 0.2) is 52.3 Å². The third-order valence-corrected chi connectivity index (χ3v) is 4.35. The molecule has 0 aliphatic rings. The van der Waals surface area contributed by atoms with E-state index in [4.69, 9.17) is 4.74 Å². The van der Waals surface area contributed by atoms with Gasteiger partial charge in [0.1, 0.15) is 0 Å². The zero-order chi connectivity index (χ0) is 16.8. The molecule has 0 fully saturated rings. The van der Waals surface area contributed by atoms with Gasteiger partial charge in [-0.1, -0.05) is 18.7 Å². The highest BCUT2D eigenvalue weighted by Gasteiger charge is 2.11. The van der Waals surface area contributed by atoms with Crippen molar-refractivity contribution < 1.29 is 14.5 Å². The van der Waals surface area contributed by atoms with E-state index in [1.54, 1.807) is 25.1 Å². The highest BCUT2D eigenvalue weighted by molar-refractivity contribution is 7.99. The second-order valence-corrected chi connectivity index (χ2v) is 5.86. The fraction of sp³-hybridized carbons (Fsp3) is 0.235. The molecule has 0 heterocycles. The minimum Gasteiger partial charge on any atom is -0.462 e. The molecule has 0 bridgehead atoms. The molecule has 120 valence electrons. The molecule has 0 amide bonds. The molecule has 23 heavy (non-hydrogen) atoms. The highest BCUT2D eigenvalue weighted by atomic mass is 32.2. The van der Waals surface area contributed by atoms with Crippen molar-refractivity contribution in [2.75, 3.05) is 6.61 Å². The molecule has 2 aromatic carbocycles. The Labute approximate surface area is 138 Å². The summed E-state index contributed by atoms with van der Waals surface area (Å²) in [6.07, 6.45) is 0.780. The molecule has 6 heteroatoms. The summed E-state index contributed by atoms with van der Waals surface area (Å²) in [5.74, 6) is -0.325. The molecule has 0 aliphatic carbocycles. The second-order valence-electron chi connectivity index (χ2n) is 4.75. The van der Waals surface area contributed by atoms with Crippen molar-refractivity contribution in [1.29, 1.82) is 0 Å². The molecule has 5 nitrogen and oxygen atoms in total. The Morgan fingerprint density at radius 2 is 1.87 bits per heavy atom. The smallest absolute Gasteiger partial charge is 0.338 e. The molecule has 2 rings (SSSR count). The lowest BCUT2D eigenvalue weighted by Gasteiger charge is -2.10. The lowest BCUT2D eigenvalue weighted by atomic mass is 10.1. The van der Waals surface area contributed by atoms with E-state index in [0.717, 1.165) is 21.8 Å². The normalized spacial score (nSPS) is 10.3. The molecule has 0 saturated carbocycles. The number of aryl methyl sites for hydroxylation is 1. The molecule has 0 unspecified atom stereocenters. The predicted molar refractivity (Wildman–Crippen MR) is 89.0 cm³/mol. The number of hydrogen-bond acceptors (Lipinski definition) is 5. The fourth-order valence-electron chi connectivity index (χ4n) is 2.06. The monoisotopic (exact) mass is 331 g/mol. The van der Waals surface area contributed by atoms with Crippen molar-refractivity contribution >= 4 is 23.4 Å². The van der Waals surface area contributed by atoms with Gasteiger partial charge in [-0.05, 0) is 49.2 Å². The summed E-state index contributed by atoms with van der Waals surface area (Å²) >= 11 is 1.52. The molecule has 2 aromatic rings. The zero-order valence-corrected chi connectivity index (χ0v) is 13.8. The lowest BCUT2D eigenvalue weighted by Crippen LogP contribution is -2.05. The number of carbonyl (C=O) groups is 1. The number of carbonyl (C=O) groups excluding carboxylic acids is 1. The van der Waals surface area contributed by atoms with Crippen LogP contribution in [0.4, 0.5) is 5.69 Å². The van der Waals surface area contributed by atoms with Gasteiger partial charge in [-0.3, -0.25) is 10.1 Å². The van der Waals surface area contributed by atoms with Gasteiger partial charge >= 0.3 is 5.97 Å². The number of ether oxygens (including phenoxy) is 1. The van der Waals surface area contributed by atoms with Gasteiger partial charge in [0.05, 0.1) is 17.1 Å². The molecule has 0 spiro atoms. The maximum absolute atomic E-state index is 11.8. The van der Waals surface area contributed by atoms with Gasteiger partial charge in [0.15, 0.2) is 0 Å². The number of benzene rings is 2. The van der Waals surface area contributed by atoms with Crippen LogP contribution in [0.3, 0.4) is 0 Å². The fourth-order valence-corrected chi connectivity index (χ4v) is 3.06. The molecular formula is C17H17NO4S. The Kier molecular flexibility index (Phi) is 5.76. The number of nitrogens with zero attached hydrogens (tertiary/aromatic N) is 1. The standard InChI is InChI=1S/C17H17NO4S/c1-3-12-11-13(17(19)22-4-2)5-10-16(12)23-15-8-6-14(7-9-15)18(20)21/h5-11H,3-4H2,1-2H3. The van der Waals surface area contributed by atoms with Crippen LogP contribution in [0.25, 0.3) is 0 Å². The van der Waals surface area contributed by atoms with Gasteiger partial charge in [-0.2, -0.15) is 0 Å². The van der Waals surface area contributed by atoms with Crippen molar-refractivity contribution in [2.45, 2.75) is 30.1 Å². The average molecular weight is 331 g/mol. The number of esters is 1. The summed E-state index contributed by atoms with van der Waals surface area (Å²) in [6, 6.07) is 11.9. The van der Waals surface area contributed by atoms with Gasteiger partial charge in [0, 0.05) is 21.9 Å². The molecule has 0 saturated heterocycles. The van der Waals surface area contributed by atoms with Crippen LogP contribution in [0.1, 0.15) is 29.8 Å². The summed E-state index contributed by atoms with van der Waals surface area (Å²) in [4.78, 5) is 24.0. The molecule has 0 aromatic heterocycles. The number of nitro benzene ring substituents is 1. The lowest BCUT2D eigenvalue weighted by molar-refractivity contribution is -0.384. The first kappa shape index (κ1) is 17.0. The van der Waals surface area contributed by atoms with Gasteiger partial charge < -0.3 is 4.74 Å². The Bertz CT molecular complexity index is 713. The summed E-state index contributed by atoms with van der Waals surface area (Å²) < 4.78 is 5.01. The van der Waals surface area contributed by atoms with Crippen LogP contribution in [0, 0.1) is 10.1 Å². The largest absolute Gasteiger partial charge is 0.462 e. The van der Waals surface area contributed by atoms with E-state index in [1.165, 1.54) is 23.9 Å². The zero-order valence-electron chi connectivity index (χ0n) is 12.9. The highest BCUT2D eigenvalue weighted by Crippen LogP contribution is 2.32. The SMILES string of the molecule is CCOC(=O)c1ccc(Sc2ccc([N+](=O)[O-])cc2)c(CC)c1. The predicted octanol–water partition coefficient (Wildman–Crippen LogP) is 4.49. The Hall–Kier alpha value is -2.34. The number of hydrogen-bond donors (Lipinski definition) is 0. The number of rotatable bonds is 6. The number of non-ortho nitro benzene ring substituents is 1. The maximum atomic E-state index is 11.8. The Balaban J connectivity index is 2.22. The van der Waals surface area contributed by atoms with Gasteiger partial charge in [0.2, 0.25) is 0 Å². The molecule has 0 atom stereocenters. The summed E-state index contributed by atoms with van der Waals surface area (Å²) in [5.41, 5.74) is 1.65. The summed E-state index contributed by atoms with van der Waals surface area (Å²) in [5, 5.41) is 10.7. The van der Waals surface area contributed by atoms with Crippen molar-refractivity contribution in [3.8, 4) is 0 Å². The van der Waals surface area contributed by atoms with E-state index in [0.29, 0.717) is 12.2 Å². The van der Waals surface area contributed by atoms with E-state index < -0.39 is 4.92 Å². The van der Waals surface area contributed by atoms with Crippen LogP contribution >= 0.6 is 11.8 Å². The van der Waals surface area contributed by atoms with Crippen LogP contribution < -0.4 is 0 Å². The van der Waals surface area contributed by atoms with E-state index in [1.807, 2.05) is 19.1 Å². The van der Waals surface area contributed by atoms with Crippen LogP contribution in [-0.4, -0.2) is 17.5 Å². The van der Waals surface area contributed by atoms with Crippen LogP contribution in [-0.2, 0) is 11.2 Å². The maximum Gasteiger partial charge on any atom is 0.338 e. The summed E-state index contributed by atoms with van der Waals surface area (Å²) in [7, 11) is 0. The minimum absolute atomic E-state index is 0.0720. The van der Waals surface area contributed by atoms with Gasteiger partial charge in [-0.15, -0.1) is 0 Å². The first-order valence-electron chi connectivity index (χ1n) is 7.27. The van der Waals surface area contributed by atoms with Gasteiger partial charge in [0.25, 0.3) is 5.69 Å². The van der Waals surface area contributed by atoms with Crippen molar-refractivity contribution in [3.05, 3.63) is 63.7 Å². The quantitative estimate of drug-likeness (QED) is 0.443. The van der Waals surface area contributed by atoms with Crippen molar-refractivity contribution in [3.63, 3.8) is 0 Å². The van der Waals surface area contributed by atoms with E-state index in [2.05, 4.69) is 0 Å². The van der Waals surface area contributed by atoms with Crippen LogP contribution in [0.2, 0.25) is 0 Å². The molecule has 0 N–H and O–H groups in total. The van der Waals surface area contributed by atoms with E-state index in [9.17, 15) is 14.9 Å². The van der Waals surface area contributed by atoms with Crippen molar-refractivity contribution in [1.82, 2.24) is 0 Å². The van der Waals surface area contributed by atoms with Crippen LogP contribution in [0.5, 0.6) is 0 Å². The topological polar surface area (TPSA) is 69.4 Å². The van der Waals surface area contributed by atoms with Gasteiger partial charge in [-0.25, -0.2) is 4.79 Å². The van der Waals surface area contributed by atoms with E-state index >= 15 is 0 Å². The second kappa shape index (κ2) is 7.78. The minimum atomic E-state index is -0.417. The Morgan fingerprint density at radius 3 is 2.43 bits per heavy atom.